The van der Waals surface area contributed by atoms with E-state index in [9.17, 15) is 0 Å². The Morgan fingerprint density at radius 1 is 0.562 bits per heavy atom. The molecule has 0 amide bonds. The number of allylic oxidation sites excluding steroid dienone is 3. The second-order valence-corrected chi connectivity index (χ2v) is 6.66. The molecule has 3 aromatic carbocycles. The van der Waals surface area contributed by atoms with E-state index in [1.807, 2.05) is 78.9 Å². The standard InChI is InChI=1S/C12H16.2C8H8.C4H6/c1-2-3-4-6-9-12-10-7-5-8-11-12;2*1-2-8-6-4-3-5-7-8;1-3-4-2/h5-11H,2-4H2,1H3;2*2-7H,1H2;3-4H,1-2H2. The zero-order valence-corrected chi connectivity index (χ0v) is 19.6. The van der Waals surface area contributed by atoms with Crippen molar-refractivity contribution in [3.63, 3.8) is 0 Å². The minimum Gasteiger partial charge on any atom is -0.0991 e. The smallest absolute Gasteiger partial charge is 0.0260 e. The van der Waals surface area contributed by atoms with Crippen LogP contribution in [0.3, 0.4) is 0 Å². The minimum absolute atomic E-state index is 1.17. The van der Waals surface area contributed by atoms with Crippen molar-refractivity contribution in [2.45, 2.75) is 26.2 Å². The second kappa shape index (κ2) is 22.1. The van der Waals surface area contributed by atoms with Gasteiger partial charge in [0.25, 0.3) is 0 Å². The highest BCUT2D eigenvalue weighted by atomic mass is 13.9. The number of hydrogen-bond donors (Lipinski definition) is 0. The van der Waals surface area contributed by atoms with Crippen LogP contribution in [0.2, 0.25) is 0 Å². The van der Waals surface area contributed by atoms with Crippen molar-refractivity contribution in [3.05, 3.63) is 152 Å². The van der Waals surface area contributed by atoms with Crippen LogP contribution in [-0.2, 0) is 0 Å². The zero-order chi connectivity index (χ0) is 23.7. The summed E-state index contributed by atoms with van der Waals surface area (Å²) in [5, 5.41) is 0. The maximum Gasteiger partial charge on any atom is -0.0260 e. The Labute approximate surface area is 196 Å². The van der Waals surface area contributed by atoms with Gasteiger partial charge < -0.3 is 0 Å². The lowest BCUT2D eigenvalue weighted by Gasteiger charge is -1.91. The van der Waals surface area contributed by atoms with Crippen LogP contribution in [0.15, 0.2) is 136 Å². The van der Waals surface area contributed by atoms with Crippen LogP contribution in [-0.4, -0.2) is 0 Å². The fourth-order valence-corrected chi connectivity index (χ4v) is 2.28. The molecule has 0 aliphatic heterocycles. The van der Waals surface area contributed by atoms with Crippen molar-refractivity contribution in [2.24, 2.45) is 0 Å². The molecule has 0 heterocycles. The van der Waals surface area contributed by atoms with Gasteiger partial charge in [-0.15, -0.1) is 0 Å². The molecule has 0 spiro atoms. The van der Waals surface area contributed by atoms with Crippen molar-refractivity contribution in [3.8, 4) is 0 Å². The third-order valence-electron chi connectivity index (χ3n) is 4.07. The fourth-order valence-electron chi connectivity index (χ4n) is 2.28. The molecule has 0 aliphatic rings. The molecule has 0 unspecified atom stereocenters. The largest absolute Gasteiger partial charge is 0.0991 e. The summed E-state index contributed by atoms with van der Waals surface area (Å²) in [5.74, 6) is 0. The lowest BCUT2D eigenvalue weighted by molar-refractivity contribution is 0.816. The zero-order valence-electron chi connectivity index (χ0n) is 19.6. The molecule has 0 heteroatoms. The van der Waals surface area contributed by atoms with Gasteiger partial charge in [0.1, 0.15) is 0 Å². The van der Waals surface area contributed by atoms with Crippen LogP contribution < -0.4 is 0 Å². The van der Waals surface area contributed by atoms with Crippen LogP contribution in [0, 0.1) is 0 Å². The highest BCUT2D eigenvalue weighted by Gasteiger charge is 1.82. The monoisotopic (exact) mass is 422 g/mol. The number of benzene rings is 3. The van der Waals surface area contributed by atoms with Crippen LogP contribution in [0.4, 0.5) is 0 Å². The fraction of sp³-hybridized carbons (Fsp3) is 0.125. The van der Waals surface area contributed by atoms with Gasteiger partial charge in [-0.05, 0) is 23.1 Å². The van der Waals surface area contributed by atoms with E-state index in [0.717, 1.165) is 0 Å². The molecule has 0 radical (unpaired) electrons. The molecule has 0 N–H and O–H groups in total. The maximum atomic E-state index is 3.63. The van der Waals surface area contributed by atoms with Crippen molar-refractivity contribution < 1.29 is 0 Å². The summed E-state index contributed by atoms with van der Waals surface area (Å²) in [5.41, 5.74) is 3.65. The molecule has 166 valence electrons. The average Bonchev–Trinajstić information content (AvgIpc) is 2.89. The summed E-state index contributed by atoms with van der Waals surface area (Å²) in [4.78, 5) is 0. The van der Waals surface area contributed by atoms with Crippen molar-refractivity contribution >= 4 is 18.2 Å². The van der Waals surface area contributed by atoms with E-state index in [4.69, 9.17) is 0 Å². The predicted octanol–water partition coefficient (Wildman–Crippen LogP) is 9.91. The highest BCUT2D eigenvalue weighted by Crippen LogP contribution is 2.03. The average molecular weight is 423 g/mol. The molecule has 0 saturated heterocycles. The first kappa shape index (κ1) is 28.4. The van der Waals surface area contributed by atoms with Gasteiger partial charge in [0.15, 0.2) is 0 Å². The lowest BCUT2D eigenvalue weighted by atomic mass is 10.2. The quantitative estimate of drug-likeness (QED) is 0.262. The molecule has 0 saturated carbocycles. The summed E-state index contributed by atoms with van der Waals surface area (Å²) in [6, 6.07) is 30.5. The molecule has 32 heavy (non-hydrogen) atoms. The molecular weight excluding hydrogens is 384 g/mol. The summed E-state index contributed by atoms with van der Waals surface area (Å²) >= 11 is 0. The lowest BCUT2D eigenvalue weighted by Crippen LogP contribution is -1.69. The Bertz CT molecular complexity index is 806. The Balaban J connectivity index is 0.000000426. The van der Waals surface area contributed by atoms with E-state index in [1.54, 1.807) is 12.2 Å². The van der Waals surface area contributed by atoms with Crippen LogP contribution in [0.1, 0.15) is 42.9 Å². The molecule has 3 aromatic rings. The van der Waals surface area contributed by atoms with Crippen molar-refractivity contribution in [1.82, 2.24) is 0 Å². The minimum atomic E-state index is 1.17. The molecule has 0 aliphatic carbocycles. The van der Waals surface area contributed by atoms with Crippen LogP contribution in [0.25, 0.3) is 18.2 Å². The number of unbranched alkanes of at least 4 members (excludes halogenated alkanes) is 2. The third-order valence-corrected chi connectivity index (χ3v) is 4.07. The first-order valence-corrected chi connectivity index (χ1v) is 11.0. The summed E-state index contributed by atoms with van der Waals surface area (Å²) in [6.07, 6.45) is 15.2. The van der Waals surface area contributed by atoms with Crippen molar-refractivity contribution in [1.29, 1.82) is 0 Å². The molecule has 3 rings (SSSR count). The highest BCUT2D eigenvalue weighted by molar-refractivity contribution is 5.48. The predicted molar refractivity (Wildman–Crippen MR) is 148 cm³/mol. The van der Waals surface area contributed by atoms with Gasteiger partial charge in [0.2, 0.25) is 0 Å². The van der Waals surface area contributed by atoms with E-state index < -0.39 is 0 Å². The Morgan fingerprint density at radius 3 is 1.22 bits per heavy atom. The first-order chi connectivity index (χ1) is 15.7. The normalized spacial score (nSPS) is 8.91. The second-order valence-electron chi connectivity index (χ2n) is 6.66. The Morgan fingerprint density at radius 2 is 0.938 bits per heavy atom. The Kier molecular flexibility index (Phi) is 19.5. The van der Waals surface area contributed by atoms with Gasteiger partial charge >= 0.3 is 0 Å². The van der Waals surface area contributed by atoms with E-state index >= 15 is 0 Å². The number of hydrogen-bond acceptors (Lipinski definition) is 0. The molecule has 0 nitrogen and oxygen atoms in total. The molecule has 0 aromatic heterocycles. The van der Waals surface area contributed by atoms with Gasteiger partial charge in [0.05, 0.1) is 0 Å². The molecule has 0 fully saturated rings. The molecule has 0 bridgehead atoms. The SMILES string of the molecule is C=CC=C.C=Cc1ccccc1.C=Cc1ccccc1.CCCCC=Cc1ccccc1. The molecule has 0 atom stereocenters. The van der Waals surface area contributed by atoms with E-state index in [2.05, 4.69) is 69.7 Å². The van der Waals surface area contributed by atoms with Gasteiger partial charge in [-0.2, -0.15) is 0 Å². The van der Waals surface area contributed by atoms with Gasteiger partial charge in [-0.25, -0.2) is 0 Å². The maximum absolute atomic E-state index is 3.63. The molecular formula is C32H38. The van der Waals surface area contributed by atoms with Gasteiger partial charge in [-0.1, -0.05) is 174 Å². The summed E-state index contributed by atoms with van der Waals surface area (Å²) in [6.45, 7) is 16.2. The summed E-state index contributed by atoms with van der Waals surface area (Å²) < 4.78 is 0. The topological polar surface area (TPSA) is 0 Å². The van der Waals surface area contributed by atoms with Gasteiger partial charge in [-0.3, -0.25) is 0 Å². The van der Waals surface area contributed by atoms with E-state index in [0.29, 0.717) is 0 Å². The van der Waals surface area contributed by atoms with Gasteiger partial charge in [0, 0.05) is 0 Å². The van der Waals surface area contributed by atoms with Crippen molar-refractivity contribution in [2.75, 3.05) is 0 Å². The van der Waals surface area contributed by atoms with Crippen LogP contribution in [0.5, 0.6) is 0 Å². The van der Waals surface area contributed by atoms with Crippen LogP contribution >= 0.6 is 0 Å². The Hall–Kier alpha value is -3.64. The number of rotatable bonds is 7. The third kappa shape index (κ3) is 17.2. The summed E-state index contributed by atoms with van der Waals surface area (Å²) in [7, 11) is 0. The van der Waals surface area contributed by atoms with E-state index in [-0.39, 0.29) is 0 Å². The first-order valence-electron chi connectivity index (χ1n) is 11.0. The van der Waals surface area contributed by atoms with E-state index in [1.165, 1.54) is 36.0 Å².